The van der Waals surface area contributed by atoms with Crippen molar-refractivity contribution < 1.29 is 8.42 Å². The van der Waals surface area contributed by atoms with Crippen molar-refractivity contribution in [2.45, 2.75) is 19.9 Å². The van der Waals surface area contributed by atoms with Crippen LogP contribution in [-0.2, 0) is 16.6 Å². The van der Waals surface area contributed by atoms with E-state index in [0.29, 0.717) is 30.9 Å². The molecule has 26 heavy (non-hydrogen) atoms. The molecule has 0 fully saturated rings. The van der Waals surface area contributed by atoms with E-state index in [0.717, 1.165) is 28.7 Å². The number of nitrogen functional groups attached to an aromatic ring is 2. The molecule has 2 aromatic heterocycles. The smallest absolute Gasteiger partial charge is 0.221 e. The van der Waals surface area contributed by atoms with Gasteiger partial charge in [0.05, 0.1) is 17.3 Å². The Morgan fingerprint density at radius 3 is 2.69 bits per heavy atom. The largest absolute Gasteiger partial charge is 0.383 e. The SMILES string of the molecule is Cc1nc2cc(-c3cnc(N)nc3N)ccc2n1CCCNS(C)(=O)=O. The standard InChI is InChI=1S/C16H21N7O2S/c1-10-21-13-8-11(12-9-19-16(18)22-15(12)17)4-5-14(13)23(10)7-3-6-20-26(2,24)25/h4-5,8-9,20H,3,6-7H2,1-2H3,(H4,17,18,19,22). The first-order valence-corrected chi connectivity index (χ1v) is 9.93. The quantitative estimate of drug-likeness (QED) is 0.543. The van der Waals surface area contributed by atoms with Crippen LogP contribution < -0.4 is 16.2 Å². The first-order valence-electron chi connectivity index (χ1n) is 8.04. The molecule has 0 saturated carbocycles. The molecular weight excluding hydrogens is 354 g/mol. The molecule has 0 aliphatic rings. The minimum absolute atomic E-state index is 0.134. The van der Waals surface area contributed by atoms with Crippen LogP contribution in [0.4, 0.5) is 11.8 Å². The predicted molar refractivity (Wildman–Crippen MR) is 102 cm³/mol. The minimum Gasteiger partial charge on any atom is -0.383 e. The number of benzene rings is 1. The zero-order chi connectivity index (χ0) is 18.9. The third-order valence-corrected chi connectivity index (χ3v) is 4.74. The fourth-order valence-corrected chi connectivity index (χ4v) is 3.34. The molecule has 0 bridgehead atoms. The lowest BCUT2D eigenvalue weighted by Crippen LogP contribution is -2.23. The Kier molecular flexibility index (Phi) is 4.79. The lowest BCUT2D eigenvalue weighted by Gasteiger charge is -2.08. The average molecular weight is 375 g/mol. The van der Waals surface area contributed by atoms with E-state index in [9.17, 15) is 8.42 Å². The number of aromatic nitrogens is 4. The Balaban J connectivity index is 1.86. The number of aryl methyl sites for hydroxylation is 2. The summed E-state index contributed by atoms with van der Waals surface area (Å²) in [5.74, 6) is 1.31. The monoisotopic (exact) mass is 375 g/mol. The number of nitrogens with one attached hydrogen (secondary N) is 1. The van der Waals surface area contributed by atoms with Crippen molar-refractivity contribution in [1.82, 2.24) is 24.2 Å². The Morgan fingerprint density at radius 1 is 1.23 bits per heavy atom. The molecule has 9 nitrogen and oxygen atoms in total. The molecular formula is C16H21N7O2S. The molecule has 0 radical (unpaired) electrons. The molecule has 3 aromatic rings. The zero-order valence-corrected chi connectivity index (χ0v) is 15.4. The summed E-state index contributed by atoms with van der Waals surface area (Å²) in [5, 5.41) is 0. The Bertz CT molecular complexity index is 1060. The van der Waals surface area contributed by atoms with Crippen LogP contribution >= 0.6 is 0 Å². The van der Waals surface area contributed by atoms with Crippen molar-refractivity contribution in [2.24, 2.45) is 0 Å². The molecule has 0 atom stereocenters. The fraction of sp³-hybridized carbons (Fsp3) is 0.312. The highest BCUT2D eigenvalue weighted by Gasteiger charge is 2.11. The number of hydrogen-bond donors (Lipinski definition) is 3. The Labute approximate surface area is 151 Å². The molecule has 5 N–H and O–H groups in total. The van der Waals surface area contributed by atoms with E-state index in [1.807, 2.05) is 25.1 Å². The van der Waals surface area contributed by atoms with Gasteiger partial charge in [0.1, 0.15) is 11.6 Å². The van der Waals surface area contributed by atoms with Crippen LogP contribution in [0.25, 0.3) is 22.2 Å². The number of imidazole rings is 1. The molecule has 10 heteroatoms. The summed E-state index contributed by atoms with van der Waals surface area (Å²) >= 11 is 0. The summed E-state index contributed by atoms with van der Waals surface area (Å²) in [4.78, 5) is 12.6. The van der Waals surface area contributed by atoms with Gasteiger partial charge in [0.25, 0.3) is 0 Å². The first-order chi connectivity index (χ1) is 12.2. The number of anilines is 2. The summed E-state index contributed by atoms with van der Waals surface area (Å²) in [7, 11) is -3.17. The van der Waals surface area contributed by atoms with E-state index >= 15 is 0 Å². The van der Waals surface area contributed by atoms with Gasteiger partial charge >= 0.3 is 0 Å². The van der Waals surface area contributed by atoms with E-state index < -0.39 is 10.0 Å². The van der Waals surface area contributed by atoms with Gasteiger partial charge < -0.3 is 16.0 Å². The Morgan fingerprint density at radius 2 is 2.00 bits per heavy atom. The third-order valence-electron chi connectivity index (χ3n) is 4.01. The van der Waals surface area contributed by atoms with Gasteiger partial charge in [0.2, 0.25) is 16.0 Å². The topological polar surface area (TPSA) is 142 Å². The molecule has 3 rings (SSSR count). The van der Waals surface area contributed by atoms with Crippen molar-refractivity contribution in [2.75, 3.05) is 24.3 Å². The summed E-state index contributed by atoms with van der Waals surface area (Å²) in [6, 6.07) is 5.82. The van der Waals surface area contributed by atoms with Crippen molar-refractivity contribution in [3.05, 3.63) is 30.2 Å². The fourth-order valence-electron chi connectivity index (χ4n) is 2.83. The van der Waals surface area contributed by atoms with Crippen LogP contribution in [0.2, 0.25) is 0 Å². The van der Waals surface area contributed by atoms with E-state index in [-0.39, 0.29) is 5.95 Å². The normalized spacial score (nSPS) is 11.9. The number of rotatable bonds is 6. The van der Waals surface area contributed by atoms with E-state index in [2.05, 4.69) is 24.2 Å². The van der Waals surface area contributed by atoms with Crippen molar-refractivity contribution in [1.29, 1.82) is 0 Å². The molecule has 0 amide bonds. The molecule has 1 aromatic carbocycles. The second-order valence-electron chi connectivity index (χ2n) is 6.06. The van der Waals surface area contributed by atoms with Gasteiger partial charge in [-0.05, 0) is 31.0 Å². The molecule has 138 valence electrons. The van der Waals surface area contributed by atoms with E-state index in [1.54, 1.807) is 6.20 Å². The third kappa shape index (κ3) is 3.92. The van der Waals surface area contributed by atoms with Crippen LogP contribution in [0.5, 0.6) is 0 Å². The number of hydrogen-bond acceptors (Lipinski definition) is 7. The van der Waals surface area contributed by atoms with Crippen LogP contribution in [0.1, 0.15) is 12.2 Å². The maximum Gasteiger partial charge on any atom is 0.221 e. The minimum atomic E-state index is -3.17. The predicted octanol–water partition coefficient (Wildman–Crippen LogP) is 0.905. The maximum absolute atomic E-state index is 11.1. The first kappa shape index (κ1) is 18.1. The second-order valence-corrected chi connectivity index (χ2v) is 7.89. The lowest BCUT2D eigenvalue weighted by molar-refractivity contribution is 0.575. The number of sulfonamides is 1. The van der Waals surface area contributed by atoms with Gasteiger partial charge in [-0.2, -0.15) is 4.98 Å². The van der Waals surface area contributed by atoms with Gasteiger partial charge in [-0.15, -0.1) is 0 Å². The second kappa shape index (κ2) is 6.89. The van der Waals surface area contributed by atoms with Crippen molar-refractivity contribution in [3.8, 4) is 11.1 Å². The summed E-state index contributed by atoms with van der Waals surface area (Å²) in [6.07, 6.45) is 3.42. The molecule has 0 saturated heterocycles. The lowest BCUT2D eigenvalue weighted by atomic mass is 10.1. The number of fused-ring (bicyclic) bond motifs is 1. The molecule has 0 unspecified atom stereocenters. The van der Waals surface area contributed by atoms with Crippen LogP contribution in [0.15, 0.2) is 24.4 Å². The van der Waals surface area contributed by atoms with Gasteiger partial charge in [-0.1, -0.05) is 6.07 Å². The van der Waals surface area contributed by atoms with Gasteiger partial charge in [-0.25, -0.2) is 23.1 Å². The number of nitrogens with zero attached hydrogens (tertiary/aromatic N) is 4. The van der Waals surface area contributed by atoms with E-state index in [4.69, 9.17) is 11.5 Å². The van der Waals surface area contributed by atoms with E-state index in [1.165, 1.54) is 0 Å². The molecule has 0 aliphatic carbocycles. The average Bonchev–Trinajstić information content (AvgIpc) is 2.85. The van der Waals surface area contributed by atoms with Crippen molar-refractivity contribution >= 4 is 32.8 Å². The van der Waals surface area contributed by atoms with Crippen LogP contribution in [0.3, 0.4) is 0 Å². The molecule has 0 spiro atoms. The van der Waals surface area contributed by atoms with Crippen LogP contribution in [-0.4, -0.2) is 40.7 Å². The van der Waals surface area contributed by atoms with Gasteiger partial charge in [0.15, 0.2) is 0 Å². The van der Waals surface area contributed by atoms with Gasteiger partial charge in [0, 0.05) is 24.8 Å². The number of nitrogens with two attached hydrogens (primary N) is 2. The van der Waals surface area contributed by atoms with Crippen molar-refractivity contribution in [3.63, 3.8) is 0 Å². The highest BCUT2D eigenvalue weighted by atomic mass is 32.2. The molecule has 0 aliphatic heterocycles. The summed E-state index contributed by atoms with van der Waals surface area (Å²) in [6.45, 7) is 2.97. The Hall–Kier alpha value is -2.72. The summed E-state index contributed by atoms with van der Waals surface area (Å²) < 4.78 is 26.8. The maximum atomic E-state index is 11.1. The highest BCUT2D eigenvalue weighted by molar-refractivity contribution is 7.88. The van der Waals surface area contributed by atoms with Gasteiger partial charge in [-0.3, -0.25) is 0 Å². The highest BCUT2D eigenvalue weighted by Crippen LogP contribution is 2.28. The zero-order valence-electron chi connectivity index (χ0n) is 14.6. The summed E-state index contributed by atoms with van der Waals surface area (Å²) in [5.41, 5.74) is 14.8. The molecule has 2 heterocycles. The van der Waals surface area contributed by atoms with Crippen LogP contribution in [0, 0.1) is 6.92 Å².